The summed E-state index contributed by atoms with van der Waals surface area (Å²) in [6.07, 6.45) is 0.137. The van der Waals surface area contributed by atoms with E-state index >= 15 is 0 Å². The molecule has 0 heterocycles. The number of hydrogen-bond acceptors (Lipinski definition) is 2. The number of carbonyl (C=O) groups is 2. The Morgan fingerprint density at radius 1 is 0.912 bits per heavy atom. The van der Waals surface area contributed by atoms with E-state index in [1.54, 1.807) is 36.4 Å². The fourth-order valence-corrected chi connectivity index (χ4v) is 4.00. The summed E-state index contributed by atoms with van der Waals surface area (Å²) in [5, 5.41) is 3.68. The third-order valence-corrected chi connectivity index (χ3v) is 6.08. The van der Waals surface area contributed by atoms with E-state index in [1.807, 2.05) is 44.2 Å². The van der Waals surface area contributed by atoms with E-state index < -0.39 is 11.9 Å². The highest BCUT2D eigenvalue weighted by Gasteiger charge is 2.31. The number of benzene rings is 3. The van der Waals surface area contributed by atoms with Crippen molar-refractivity contribution in [2.24, 2.45) is 0 Å². The van der Waals surface area contributed by atoms with Gasteiger partial charge < -0.3 is 10.2 Å². The Hall–Kier alpha value is -2.89. The van der Waals surface area contributed by atoms with Crippen molar-refractivity contribution in [3.05, 3.63) is 105 Å². The molecule has 1 atom stereocenters. The Balaban J connectivity index is 2.00. The van der Waals surface area contributed by atoms with Gasteiger partial charge in [0.05, 0.1) is 16.5 Å². The van der Waals surface area contributed by atoms with Crippen molar-refractivity contribution in [2.45, 2.75) is 45.3 Å². The molecule has 0 bridgehead atoms. The molecule has 0 radical (unpaired) electrons. The van der Waals surface area contributed by atoms with Crippen LogP contribution in [0, 0.1) is 5.82 Å². The van der Waals surface area contributed by atoms with Crippen LogP contribution in [0.15, 0.2) is 72.8 Å². The molecule has 3 aromatic rings. The second kappa shape index (κ2) is 12.0. The minimum Gasteiger partial charge on any atom is -0.352 e. The first-order chi connectivity index (χ1) is 16.2. The van der Waals surface area contributed by atoms with Gasteiger partial charge in [0.1, 0.15) is 11.9 Å². The molecular formula is C27H27Cl2FN2O2. The van der Waals surface area contributed by atoms with Gasteiger partial charge in [-0.25, -0.2) is 4.39 Å². The molecule has 0 unspecified atom stereocenters. The third-order valence-electron chi connectivity index (χ3n) is 5.34. The molecule has 0 aliphatic rings. The molecule has 3 rings (SSSR count). The van der Waals surface area contributed by atoms with Gasteiger partial charge in [0.2, 0.25) is 11.8 Å². The first kappa shape index (κ1) is 25.7. The lowest BCUT2D eigenvalue weighted by Gasteiger charge is -2.32. The SMILES string of the molecule is CC(C)NC(=O)[C@H](Cc1ccccc1)N(Cc1ccc(Cl)c(Cl)c1)C(=O)Cc1ccccc1F. The van der Waals surface area contributed by atoms with E-state index in [0.717, 1.165) is 5.56 Å². The number of rotatable bonds is 9. The van der Waals surface area contributed by atoms with Crippen LogP contribution in [0.5, 0.6) is 0 Å². The standard InChI is InChI=1S/C27H27Cl2FN2O2/c1-18(2)31-27(34)25(15-19-8-4-3-5-9-19)32(17-20-12-13-22(28)23(29)14-20)26(33)16-21-10-6-7-11-24(21)30/h3-14,18,25H,15-17H2,1-2H3,(H,31,34)/t25-/m0/s1. The van der Waals surface area contributed by atoms with Gasteiger partial charge in [0, 0.05) is 19.0 Å². The van der Waals surface area contributed by atoms with Gasteiger partial charge >= 0.3 is 0 Å². The average Bonchev–Trinajstić information content (AvgIpc) is 2.80. The van der Waals surface area contributed by atoms with Gasteiger partial charge in [-0.05, 0) is 48.7 Å². The Kier molecular flexibility index (Phi) is 9.08. The molecular weight excluding hydrogens is 474 g/mol. The molecule has 178 valence electrons. The number of hydrogen-bond donors (Lipinski definition) is 1. The van der Waals surface area contributed by atoms with Gasteiger partial charge in [-0.2, -0.15) is 0 Å². The van der Waals surface area contributed by atoms with Crippen LogP contribution in [0.1, 0.15) is 30.5 Å². The van der Waals surface area contributed by atoms with Gasteiger partial charge in [-0.3, -0.25) is 9.59 Å². The maximum atomic E-state index is 14.3. The lowest BCUT2D eigenvalue weighted by Crippen LogP contribution is -2.52. The van der Waals surface area contributed by atoms with E-state index in [1.165, 1.54) is 11.0 Å². The zero-order chi connectivity index (χ0) is 24.7. The van der Waals surface area contributed by atoms with E-state index in [2.05, 4.69) is 5.32 Å². The normalized spacial score (nSPS) is 11.8. The molecule has 7 heteroatoms. The molecule has 1 N–H and O–H groups in total. The van der Waals surface area contributed by atoms with Crippen LogP contribution in [0.3, 0.4) is 0 Å². The summed E-state index contributed by atoms with van der Waals surface area (Å²) in [6, 6.07) is 19.8. The van der Waals surface area contributed by atoms with Crippen LogP contribution in [0.25, 0.3) is 0 Å². The van der Waals surface area contributed by atoms with E-state index in [0.29, 0.717) is 22.0 Å². The second-order valence-corrected chi connectivity index (χ2v) is 9.22. The fourth-order valence-electron chi connectivity index (χ4n) is 3.68. The summed E-state index contributed by atoms with van der Waals surface area (Å²) in [7, 11) is 0. The van der Waals surface area contributed by atoms with Crippen molar-refractivity contribution >= 4 is 35.0 Å². The average molecular weight is 501 g/mol. The molecule has 0 fully saturated rings. The highest BCUT2D eigenvalue weighted by molar-refractivity contribution is 6.42. The zero-order valence-electron chi connectivity index (χ0n) is 19.1. The van der Waals surface area contributed by atoms with Gasteiger partial charge in [-0.15, -0.1) is 0 Å². The quantitative estimate of drug-likeness (QED) is 0.401. The predicted molar refractivity (Wildman–Crippen MR) is 134 cm³/mol. The molecule has 0 saturated carbocycles. The van der Waals surface area contributed by atoms with Crippen molar-refractivity contribution in [3.8, 4) is 0 Å². The Bertz CT molecular complexity index is 1140. The predicted octanol–water partition coefficient (Wildman–Crippen LogP) is 5.84. The Morgan fingerprint density at radius 2 is 1.59 bits per heavy atom. The number of nitrogens with zero attached hydrogens (tertiary/aromatic N) is 1. The summed E-state index contributed by atoms with van der Waals surface area (Å²) in [5.41, 5.74) is 1.89. The first-order valence-electron chi connectivity index (χ1n) is 11.1. The van der Waals surface area contributed by atoms with Crippen molar-refractivity contribution in [2.75, 3.05) is 0 Å². The van der Waals surface area contributed by atoms with E-state index in [4.69, 9.17) is 23.2 Å². The van der Waals surface area contributed by atoms with Gasteiger partial charge in [0.15, 0.2) is 0 Å². The molecule has 0 saturated heterocycles. The fraction of sp³-hybridized carbons (Fsp3) is 0.259. The minimum absolute atomic E-state index is 0.112. The van der Waals surface area contributed by atoms with Crippen LogP contribution < -0.4 is 5.32 Å². The Labute approximate surface area is 209 Å². The molecule has 0 aromatic heterocycles. The summed E-state index contributed by atoms with van der Waals surface area (Å²) < 4.78 is 14.3. The number of carbonyl (C=O) groups excluding carboxylic acids is 2. The summed E-state index contributed by atoms with van der Waals surface area (Å²) in [6.45, 7) is 3.84. The lowest BCUT2D eigenvalue weighted by atomic mass is 10.0. The van der Waals surface area contributed by atoms with E-state index in [9.17, 15) is 14.0 Å². The van der Waals surface area contributed by atoms with Crippen LogP contribution in [0.4, 0.5) is 4.39 Å². The van der Waals surface area contributed by atoms with Crippen LogP contribution in [-0.2, 0) is 29.0 Å². The molecule has 0 spiro atoms. The number of nitrogens with one attached hydrogen (secondary N) is 1. The molecule has 4 nitrogen and oxygen atoms in total. The maximum absolute atomic E-state index is 14.3. The van der Waals surface area contributed by atoms with Crippen LogP contribution in [0.2, 0.25) is 10.0 Å². The van der Waals surface area contributed by atoms with Gasteiger partial charge in [-0.1, -0.05) is 77.8 Å². The second-order valence-electron chi connectivity index (χ2n) is 8.41. The van der Waals surface area contributed by atoms with Crippen molar-refractivity contribution < 1.29 is 14.0 Å². The summed E-state index contributed by atoms with van der Waals surface area (Å²) in [5.74, 6) is -1.10. The molecule has 3 aromatic carbocycles. The monoisotopic (exact) mass is 500 g/mol. The van der Waals surface area contributed by atoms with Crippen molar-refractivity contribution in [1.29, 1.82) is 0 Å². The lowest BCUT2D eigenvalue weighted by molar-refractivity contribution is -0.141. The minimum atomic E-state index is -0.807. The molecule has 2 amide bonds. The first-order valence-corrected chi connectivity index (χ1v) is 11.8. The van der Waals surface area contributed by atoms with E-state index in [-0.39, 0.29) is 36.4 Å². The van der Waals surface area contributed by atoms with Gasteiger partial charge in [0.25, 0.3) is 0 Å². The highest BCUT2D eigenvalue weighted by atomic mass is 35.5. The highest BCUT2D eigenvalue weighted by Crippen LogP contribution is 2.25. The van der Waals surface area contributed by atoms with Crippen molar-refractivity contribution in [1.82, 2.24) is 10.2 Å². The Morgan fingerprint density at radius 3 is 2.24 bits per heavy atom. The third kappa shape index (κ3) is 7.05. The zero-order valence-corrected chi connectivity index (χ0v) is 20.6. The number of halogens is 3. The number of amides is 2. The summed E-state index contributed by atoms with van der Waals surface area (Å²) in [4.78, 5) is 28.4. The summed E-state index contributed by atoms with van der Waals surface area (Å²) >= 11 is 12.3. The van der Waals surface area contributed by atoms with Crippen molar-refractivity contribution in [3.63, 3.8) is 0 Å². The smallest absolute Gasteiger partial charge is 0.243 e. The van der Waals surface area contributed by atoms with Crippen LogP contribution in [-0.4, -0.2) is 28.8 Å². The maximum Gasteiger partial charge on any atom is 0.243 e. The molecule has 0 aliphatic heterocycles. The largest absolute Gasteiger partial charge is 0.352 e. The van der Waals surface area contributed by atoms with Crippen LogP contribution >= 0.6 is 23.2 Å². The molecule has 0 aliphatic carbocycles. The molecule has 34 heavy (non-hydrogen) atoms. The topological polar surface area (TPSA) is 49.4 Å².